The average Bonchev–Trinajstić information content (AvgIpc) is 2.08. The number of ketones is 1. The molecule has 0 aromatic carbocycles. The highest BCUT2D eigenvalue weighted by Crippen LogP contribution is 2.18. The minimum Gasteiger partial charge on any atom is -0.444 e. The van der Waals surface area contributed by atoms with E-state index in [4.69, 9.17) is 4.74 Å². The Morgan fingerprint density at radius 1 is 1.50 bits per heavy atom. The summed E-state index contributed by atoms with van der Waals surface area (Å²) < 4.78 is 5.08. The number of rotatable bonds is 1. The summed E-state index contributed by atoms with van der Waals surface area (Å²) in [5.41, 5.74) is -0.179. The molecule has 90 valence electrons. The molecular formula is C12H19NO3. The molecule has 0 aliphatic heterocycles. The summed E-state index contributed by atoms with van der Waals surface area (Å²) in [6, 6.07) is 0. The van der Waals surface area contributed by atoms with Gasteiger partial charge >= 0.3 is 6.09 Å². The van der Waals surface area contributed by atoms with Gasteiger partial charge in [0.15, 0.2) is 5.78 Å². The fraction of sp³-hybridized carbons (Fsp3) is 0.667. The first-order valence-electron chi connectivity index (χ1n) is 5.53. The fourth-order valence-electron chi connectivity index (χ4n) is 1.48. The third-order valence-electron chi connectivity index (χ3n) is 2.21. The van der Waals surface area contributed by atoms with E-state index in [-0.39, 0.29) is 5.78 Å². The van der Waals surface area contributed by atoms with Gasteiger partial charge in [-0.05, 0) is 33.1 Å². The summed E-state index contributed by atoms with van der Waals surface area (Å²) in [6.07, 6.45) is 2.55. The number of hydrogen-bond acceptors (Lipinski definition) is 3. The van der Waals surface area contributed by atoms with Crippen LogP contribution in [0, 0.1) is 5.92 Å². The normalized spacial score (nSPS) is 21.4. The minimum absolute atomic E-state index is 0.0241. The zero-order valence-corrected chi connectivity index (χ0v) is 10.3. The molecule has 0 saturated heterocycles. The van der Waals surface area contributed by atoms with Gasteiger partial charge in [-0.3, -0.25) is 10.1 Å². The lowest BCUT2D eigenvalue weighted by atomic mass is 9.94. The topological polar surface area (TPSA) is 55.4 Å². The Bertz CT molecular complexity index is 326. The van der Waals surface area contributed by atoms with E-state index in [1.54, 1.807) is 26.8 Å². The minimum atomic E-state index is -0.568. The molecule has 1 amide bonds. The maximum absolute atomic E-state index is 11.5. The molecule has 1 aliphatic carbocycles. The molecule has 0 fully saturated rings. The first-order valence-corrected chi connectivity index (χ1v) is 5.53. The lowest BCUT2D eigenvalue weighted by molar-refractivity contribution is -0.116. The first-order chi connectivity index (χ1) is 7.28. The van der Waals surface area contributed by atoms with Gasteiger partial charge in [0.25, 0.3) is 0 Å². The van der Waals surface area contributed by atoms with Crippen molar-refractivity contribution in [1.29, 1.82) is 0 Å². The van der Waals surface area contributed by atoms with Crippen LogP contribution < -0.4 is 5.32 Å². The SMILES string of the molecule is C[C@H]1C=C(NC(=O)OC(C)(C)C)C(=O)CC1. The lowest BCUT2D eigenvalue weighted by Gasteiger charge is -2.22. The van der Waals surface area contributed by atoms with Crippen LogP contribution in [0.3, 0.4) is 0 Å². The zero-order valence-electron chi connectivity index (χ0n) is 10.3. The Kier molecular flexibility index (Phi) is 3.73. The van der Waals surface area contributed by atoms with Crippen LogP contribution in [0.2, 0.25) is 0 Å². The van der Waals surface area contributed by atoms with E-state index < -0.39 is 11.7 Å². The molecule has 0 radical (unpaired) electrons. The number of Topliss-reactive ketones (excluding diaryl/α,β-unsaturated/α-hetero) is 1. The molecule has 4 heteroatoms. The summed E-state index contributed by atoms with van der Waals surface area (Å²) in [6.45, 7) is 7.37. The van der Waals surface area contributed by atoms with Gasteiger partial charge in [-0.15, -0.1) is 0 Å². The van der Waals surface area contributed by atoms with E-state index in [0.717, 1.165) is 6.42 Å². The standard InChI is InChI=1S/C12H19NO3/c1-8-5-6-10(14)9(7-8)13-11(15)16-12(2,3)4/h7-8H,5-6H2,1-4H3,(H,13,15)/t8-/m1/s1. The third kappa shape index (κ3) is 4.04. The molecule has 16 heavy (non-hydrogen) atoms. The van der Waals surface area contributed by atoms with Gasteiger partial charge in [-0.25, -0.2) is 4.79 Å². The van der Waals surface area contributed by atoms with Crippen LogP contribution in [0.5, 0.6) is 0 Å². The number of carbonyl (C=O) groups is 2. The predicted molar refractivity (Wildman–Crippen MR) is 60.9 cm³/mol. The highest BCUT2D eigenvalue weighted by molar-refractivity contribution is 5.98. The first kappa shape index (κ1) is 12.7. The lowest BCUT2D eigenvalue weighted by Crippen LogP contribution is -2.35. The number of alkyl carbamates (subject to hydrolysis) is 1. The molecule has 0 unspecified atom stereocenters. The Morgan fingerprint density at radius 3 is 2.69 bits per heavy atom. The molecule has 1 rings (SSSR count). The van der Waals surface area contributed by atoms with Crippen molar-refractivity contribution >= 4 is 11.9 Å². The fourth-order valence-corrected chi connectivity index (χ4v) is 1.48. The molecule has 1 N–H and O–H groups in total. The molecule has 0 aromatic heterocycles. The number of amides is 1. The van der Waals surface area contributed by atoms with E-state index in [2.05, 4.69) is 5.32 Å². The molecule has 0 heterocycles. The van der Waals surface area contributed by atoms with Gasteiger partial charge < -0.3 is 4.74 Å². The Hall–Kier alpha value is -1.32. The Balaban J connectivity index is 2.60. The van der Waals surface area contributed by atoms with Crippen LogP contribution in [0.15, 0.2) is 11.8 Å². The van der Waals surface area contributed by atoms with Gasteiger partial charge in [-0.1, -0.05) is 13.0 Å². The van der Waals surface area contributed by atoms with Crippen LogP contribution in [-0.2, 0) is 9.53 Å². The van der Waals surface area contributed by atoms with Crippen molar-refractivity contribution in [3.8, 4) is 0 Å². The van der Waals surface area contributed by atoms with Crippen LogP contribution in [0.4, 0.5) is 4.79 Å². The molecule has 0 bridgehead atoms. The predicted octanol–water partition coefficient (Wildman–Crippen LogP) is 2.39. The van der Waals surface area contributed by atoms with E-state index in [9.17, 15) is 9.59 Å². The molecule has 1 atom stereocenters. The van der Waals surface area contributed by atoms with Crippen LogP contribution in [0.25, 0.3) is 0 Å². The maximum atomic E-state index is 11.5. The van der Waals surface area contributed by atoms with Crippen molar-refractivity contribution in [1.82, 2.24) is 5.32 Å². The van der Waals surface area contributed by atoms with E-state index in [0.29, 0.717) is 18.0 Å². The highest BCUT2D eigenvalue weighted by Gasteiger charge is 2.22. The number of carbonyl (C=O) groups excluding carboxylic acids is 2. The van der Waals surface area contributed by atoms with Crippen LogP contribution >= 0.6 is 0 Å². The second-order valence-corrected chi connectivity index (χ2v) is 5.15. The molecule has 0 spiro atoms. The summed E-state index contributed by atoms with van der Waals surface area (Å²) in [7, 11) is 0. The number of hydrogen-bond donors (Lipinski definition) is 1. The van der Waals surface area contributed by atoms with E-state index in [1.165, 1.54) is 0 Å². The zero-order chi connectivity index (χ0) is 12.3. The van der Waals surface area contributed by atoms with Gasteiger partial charge in [0.05, 0.1) is 5.70 Å². The molecule has 4 nitrogen and oxygen atoms in total. The highest BCUT2D eigenvalue weighted by atomic mass is 16.6. The summed E-state index contributed by atoms with van der Waals surface area (Å²) in [4.78, 5) is 23.0. The Morgan fingerprint density at radius 2 is 2.12 bits per heavy atom. The molecule has 0 saturated carbocycles. The number of allylic oxidation sites excluding steroid dienone is 2. The van der Waals surface area contributed by atoms with Gasteiger partial charge in [0, 0.05) is 6.42 Å². The molecular weight excluding hydrogens is 206 g/mol. The summed E-state index contributed by atoms with van der Waals surface area (Å²) >= 11 is 0. The second-order valence-electron chi connectivity index (χ2n) is 5.15. The van der Waals surface area contributed by atoms with Crippen molar-refractivity contribution in [2.24, 2.45) is 5.92 Å². The van der Waals surface area contributed by atoms with Gasteiger partial charge in [0.2, 0.25) is 0 Å². The number of nitrogens with one attached hydrogen (secondary N) is 1. The monoisotopic (exact) mass is 225 g/mol. The Labute approximate surface area is 96.0 Å². The van der Waals surface area contributed by atoms with Gasteiger partial charge in [-0.2, -0.15) is 0 Å². The summed E-state index contributed by atoms with van der Waals surface area (Å²) in [5.74, 6) is 0.298. The van der Waals surface area contributed by atoms with Crippen LogP contribution in [0.1, 0.15) is 40.5 Å². The largest absolute Gasteiger partial charge is 0.444 e. The van der Waals surface area contributed by atoms with Crippen molar-refractivity contribution < 1.29 is 14.3 Å². The van der Waals surface area contributed by atoms with Crippen molar-refractivity contribution in [3.63, 3.8) is 0 Å². The van der Waals surface area contributed by atoms with E-state index in [1.807, 2.05) is 6.92 Å². The van der Waals surface area contributed by atoms with Crippen molar-refractivity contribution in [2.75, 3.05) is 0 Å². The second kappa shape index (κ2) is 4.68. The van der Waals surface area contributed by atoms with Crippen molar-refractivity contribution in [2.45, 2.75) is 46.1 Å². The average molecular weight is 225 g/mol. The summed E-state index contributed by atoms with van der Waals surface area (Å²) in [5, 5.41) is 2.51. The quantitative estimate of drug-likeness (QED) is 0.745. The van der Waals surface area contributed by atoms with Crippen LogP contribution in [-0.4, -0.2) is 17.5 Å². The maximum Gasteiger partial charge on any atom is 0.412 e. The smallest absolute Gasteiger partial charge is 0.412 e. The number of ether oxygens (including phenoxy) is 1. The van der Waals surface area contributed by atoms with Crippen molar-refractivity contribution in [3.05, 3.63) is 11.8 Å². The van der Waals surface area contributed by atoms with Gasteiger partial charge in [0.1, 0.15) is 5.60 Å². The van der Waals surface area contributed by atoms with E-state index >= 15 is 0 Å². The molecule has 0 aromatic rings. The molecule has 1 aliphatic rings. The third-order valence-corrected chi connectivity index (χ3v) is 2.21.